The van der Waals surface area contributed by atoms with Crippen LogP contribution < -0.4 is 5.73 Å². The Morgan fingerprint density at radius 2 is 1.83 bits per heavy atom. The maximum Gasteiger partial charge on any atom is 0.0609 e. The number of hydrogen-bond acceptors (Lipinski definition) is 3. The van der Waals surface area contributed by atoms with E-state index in [2.05, 4.69) is 24.0 Å². The van der Waals surface area contributed by atoms with E-state index < -0.39 is 0 Å². The van der Waals surface area contributed by atoms with Crippen LogP contribution in [0.25, 0.3) is 0 Å². The number of rotatable bonds is 6. The van der Waals surface area contributed by atoms with Gasteiger partial charge in [-0.05, 0) is 32.4 Å². The first kappa shape index (κ1) is 15.2. The molecule has 0 amide bonds. The van der Waals surface area contributed by atoms with Crippen LogP contribution in [-0.2, 0) is 0 Å². The molecule has 0 radical (unpaired) electrons. The molecule has 102 valence electrons. The van der Waals surface area contributed by atoms with Crippen LogP contribution in [0, 0.1) is 5.92 Å². The van der Waals surface area contributed by atoms with E-state index in [1.807, 2.05) is 39.1 Å². The van der Waals surface area contributed by atoms with Gasteiger partial charge in [-0.15, -0.1) is 0 Å². The average Bonchev–Trinajstić information content (AvgIpc) is 2.38. The fourth-order valence-electron chi connectivity index (χ4n) is 1.92. The van der Waals surface area contributed by atoms with Crippen LogP contribution in [0.1, 0.15) is 32.4 Å². The number of aliphatic hydroxyl groups is 1. The van der Waals surface area contributed by atoms with Gasteiger partial charge < -0.3 is 10.8 Å². The summed E-state index contributed by atoms with van der Waals surface area (Å²) in [5, 5.41) is 9.36. The van der Waals surface area contributed by atoms with Gasteiger partial charge >= 0.3 is 0 Å². The van der Waals surface area contributed by atoms with E-state index in [-0.39, 0.29) is 18.2 Å². The molecule has 0 saturated heterocycles. The largest absolute Gasteiger partial charge is 0.394 e. The molecule has 0 fully saturated rings. The van der Waals surface area contributed by atoms with E-state index in [0.717, 1.165) is 6.54 Å². The van der Waals surface area contributed by atoms with E-state index in [0.29, 0.717) is 5.92 Å². The van der Waals surface area contributed by atoms with Crippen molar-refractivity contribution >= 4 is 0 Å². The smallest absolute Gasteiger partial charge is 0.0609 e. The van der Waals surface area contributed by atoms with Crippen LogP contribution in [0.2, 0.25) is 0 Å². The van der Waals surface area contributed by atoms with E-state index in [1.165, 1.54) is 5.56 Å². The summed E-state index contributed by atoms with van der Waals surface area (Å²) in [5.74, 6) is 0.336. The predicted molar refractivity (Wildman–Crippen MR) is 76.3 cm³/mol. The molecule has 2 atom stereocenters. The number of likely N-dealkylation sites (N-methyl/N-ethyl adjacent to an activating group) is 1. The molecule has 0 aromatic heterocycles. The normalized spacial score (nSPS) is 15.7. The van der Waals surface area contributed by atoms with Crippen molar-refractivity contribution in [3.63, 3.8) is 0 Å². The first-order valence-electron chi connectivity index (χ1n) is 6.51. The molecule has 1 aromatic rings. The van der Waals surface area contributed by atoms with Crippen LogP contribution in [-0.4, -0.2) is 35.7 Å². The minimum Gasteiger partial charge on any atom is -0.394 e. The molecule has 3 nitrogen and oxygen atoms in total. The number of hydrogen-bond donors (Lipinski definition) is 2. The van der Waals surface area contributed by atoms with Crippen molar-refractivity contribution < 1.29 is 5.11 Å². The lowest BCUT2D eigenvalue weighted by atomic mass is 9.93. The van der Waals surface area contributed by atoms with Gasteiger partial charge in [0.25, 0.3) is 0 Å². The Morgan fingerprint density at radius 3 is 2.33 bits per heavy atom. The average molecular weight is 250 g/mol. The summed E-state index contributed by atoms with van der Waals surface area (Å²) in [7, 11) is 2.03. The number of benzene rings is 1. The summed E-state index contributed by atoms with van der Waals surface area (Å²) in [4.78, 5) is 2.17. The molecule has 0 spiro atoms. The van der Waals surface area contributed by atoms with Crippen molar-refractivity contribution in [2.45, 2.75) is 32.4 Å². The molecule has 0 bridgehead atoms. The molecular formula is C15H26N2O. The SMILES string of the molecule is CC(CN(C)C(C)(C)CO)C(N)c1ccccc1. The Labute approximate surface area is 111 Å². The summed E-state index contributed by atoms with van der Waals surface area (Å²) >= 11 is 0. The van der Waals surface area contributed by atoms with Crippen LogP contribution in [0.5, 0.6) is 0 Å². The fraction of sp³-hybridized carbons (Fsp3) is 0.600. The summed E-state index contributed by atoms with van der Waals surface area (Å²) in [6, 6.07) is 10.2. The van der Waals surface area contributed by atoms with E-state index in [4.69, 9.17) is 5.73 Å². The molecule has 0 saturated carbocycles. The third-order valence-corrected chi connectivity index (χ3v) is 3.78. The summed E-state index contributed by atoms with van der Waals surface area (Å²) in [5.41, 5.74) is 7.25. The molecule has 0 aliphatic heterocycles. The lowest BCUT2D eigenvalue weighted by Gasteiger charge is -2.37. The Balaban J connectivity index is 2.63. The number of aliphatic hydroxyl groups excluding tert-OH is 1. The van der Waals surface area contributed by atoms with Crippen molar-refractivity contribution in [2.75, 3.05) is 20.2 Å². The zero-order chi connectivity index (χ0) is 13.8. The van der Waals surface area contributed by atoms with Gasteiger partial charge in [0.2, 0.25) is 0 Å². The Morgan fingerprint density at radius 1 is 1.28 bits per heavy atom. The van der Waals surface area contributed by atoms with Crippen LogP contribution in [0.15, 0.2) is 30.3 Å². The maximum absolute atomic E-state index is 9.36. The first-order valence-corrected chi connectivity index (χ1v) is 6.51. The molecule has 2 unspecified atom stereocenters. The van der Waals surface area contributed by atoms with Crippen molar-refractivity contribution in [3.05, 3.63) is 35.9 Å². The fourth-order valence-corrected chi connectivity index (χ4v) is 1.92. The quantitative estimate of drug-likeness (QED) is 0.812. The highest BCUT2D eigenvalue weighted by Crippen LogP contribution is 2.22. The molecular weight excluding hydrogens is 224 g/mol. The second-order valence-electron chi connectivity index (χ2n) is 5.76. The van der Waals surface area contributed by atoms with Crippen LogP contribution in [0.3, 0.4) is 0 Å². The Kier molecular flexibility index (Phi) is 5.32. The lowest BCUT2D eigenvalue weighted by molar-refractivity contribution is 0.0651. The van der Waals surface area contributed by atoms with Gasteiger partial charge in [-0.2, -0.15) is 0 Å². The van der Waals surface area contributed by atoms with Crippen LogP contribution >= 0.6 is 0 Å². The zero-order valence-corrected chi connectivity index (χ0v) is 11.9. The highest BCUT2D eigenvalue weighted by Gasteiger charge is 2.25. The topological polar surface area (TPSA) is 49.5 Å². The first-order chi connectivity index (χ1) is 8.38. The van der Waals surface area contributed by atoms with Gasteiger partial charge in [0, 0.05) is 18.1 Å². The standard InChI is InChI=1S/C15H26N2O/c1-12(10-17(4)15(2,3)11-18)14(16)13-8-6-5-7-9-13/h5-9,12,14,18H,10-11,16H2,1-4H3. The number of nitrogens with zero attached hydrogens (tertiary/aromatic N) is 1. The van der Waals surface area contributed by atoms with Crippen LogP contribution in [0.4, 0.5) is 0 Å². The zero-order valence-electron chi connectivity index (χ0n) is 11.9. The lowest BCUT2D eigenvalue weighted by Crippen LogP contribution is -2.47. The van der Waals surface area contributed by atoms with Gasteiger partial charge in [0.15, 0.2) is 0 Å². The monoisotopic (exact) mass is 250 g/mol. The van der Waals surface area contributed by atoms with Crippen molar-refractivity contribution in [1.29, 1.82) is 0 Å². The molecule has 0 heterocycles. The Bertz CT molecular complexity index is 351. The molecule has 18 heavy (non-hydrogen) atoms. The summed E-state index contributed by atoms with van der Waals surface area (Å²) in [6.07, 6.45) is 0. The third-order valence-electron chi connectivity index (χ3n) is 3.78. The van der Waals surface area contributed by atoms with Gasteiger partial charge in [-0.25, -0.2) is 0 Å². The van der Waals surface area contributed by atoms with E-state index in [1.54, 1.807) is 0 Å². The molecule has 3 N–H and O–H groups in total. The second-order valence-corrected chi connectivity index (χ2v) is 5.76. The van der Waals surface area contributed by atoms with Crippen molar-refractivity contribution in [3.8, 4) is 0 Å². The van der Waals surface area contributed by atoms with Gasteiger partial charge in [-0.3, -0.25) is 4.90 Å². The van der Waals surface area contributed by atoms with Gasteiger partial charge in [0.1, 0.15) is 0 Å². The molecule has 3 heteroatoms. The van der Waals surface area contributed by atoms with Gasteiger partial charge in [-0.1, -0.05) is 37.3 Å². The predicted octanol–water partition coefficient (Wildman–Crippen LogP) is 2.03. The third kappa shape index (κ3) is 3.80. The van der Waals surface area contributed by atoms with Gasteiger partial charge in [0.05, 0.1) is 6.61 Å². The minimum absolute atomic E-state index is 0.0307. The summed E-state index contributed by atoms with van der Waals surface area (Å²) < 4.78 is 0. The summed E-state index contributed by atoms with van der Waals surface area (Å²) in [6.45, 7) is 7.24. The molecule has 0 aliphatic carbocycles. The van der Waals surface area contributed by atoms with Crippen molar-refractivity contribution in [2.24, 2.45) is 11.7 Å². The minimum atomic E-state index is -0.204. The van der Waals surface area contributed by atoms with E-state index in [9.17, 15) is 5.11 Å². The maximum atomic E-state index is 9.36. The van der Waals surface area contributed by atoms with E-state index >= 15 is 0 Å². The highest BCUT2D eigenvalue weighted by molar-refractivity contribution is 5.19. The Hall–Kier alpha value is -0.900. The van der Waals surface area contributed by atoms with Crippen molar-refractivity contribution in [1.82, 2.24) is 4.90 Å². The molecule has 1 aromatic carbocycles. The second kappa shape index (κ2) is 6.32. The molecule has 0 aliphatic rings. The molecule has 1 rings (SSSR count). The number of nitrogens with two attached hydrogens (primary N) is 1. The highest BCUT2D eigenvalue weighted by atomic mass is 16.3.